The summed E-state index contributed by atoms with van der Waals surface area (Å²) >= 11 is 0. The highest BCUT2D eigenvalue weighted by molar-refractivity contribution is 5.35. The molecule has 0 aliphatic carbocycles. The number of nitro groups is 1. The summed E-state index contributed by atoms with van der Waals surface area (Å²) in [4.78, 5) is 9.81. The second kappa shape index (κ2) is 6.44. The van der Waals surface area contributed by atoms with Crippen LogP contribution in [0.15, 0.2) is 18.2 Å². The highest BCUT2D eigenvalue weighted by Crippen LogP contribution is 2.21. The van der Waals surface area contributed by atoms with Gasteiger partial charge >= 0.3 is 5.69 Å². The van der Waals surface area contributed by atoms with Gasteiger partial charge in [0, 0.05) is 12.1 Å². The molecule has 4 nitrogen and oxygen atoms in total. The number of hydrogen-bond donors (Lipinski definition) is 1. The maximum absolute atomic E-state index is 13.5. The van der Waals surface area contributed by atoms with E-state index in [0.29, 0.717) is 18.4 Å². The fourth-order valence-electron chi connectivity index (χ4n) is 2.23. The predicted molar refractivity (Wildman–Crippen MR) is 69.1 cm³/mol. The first-order chi connectivity index (χ1) is 8.49. The van der Waals surface area contributed by atoms with Crippen molar-refractivity contribution in [2.75, 3.05) is 7.05 Å². The van der Waals surface area contributed by atoms with Gasteiger partial charge in [-0.2, -0.15) is 4.39 Å². The van der Waals surface area contributed by atoms with E-state index in [4.69, 9.17) is 0 Å². The predicted octanol–water partition coefficient (Wildman–Crippen LogP) is 2.91. The summed E-state index contributed by atoms with van der Waals surface area (Å²) in [7, 11) is 1.90. The lowest BCUT2D eigenvalue weighted by molar-refractivity contribution is -0.387. The van der Waals surface area contributed by atoms with Crippen molar-refractivity contribution in [3.8, 4) is 0 Å². The largest absolute Gasteiger partial charge is 0.317 e. The number of nitro benzene ring substituents is 1. The highest BCUT2D eigenvalue weighted by atomic mass is 19.1. The number of benzene rings is 1. The fraction of sp³-hybridized carbons (Fsp3) is 0.538. The van der Waals surface area contributed by atoms with Crippen LogP contribution in [0.1, 0.15) is 25.8 Å². The van der Waals surface area contributed by atoms with Crippen LogP contribution in [0.25, 0.3) is 0 Å². The quantitative estimate of drug-likeness (QED) is 0.627. The van der Waals surface area contributed by atoms with Crippen LogP contribution in [-0.2, 0) is 6.42 Å². The zero-order valence-electron chi connectivity index (χ0n) is 10.9. The molecule has 18 heavy (non-hydrogen) atoms. The molecular weight excluding hydrogens is 235 g/mol. The molecule has 0 aliphatic heterocycles. The lowest BCUT2D eigenvalue weighted by Gasteiger charge is -2.22. The van der Waals surface area contributed by atoms with E-state index in [9.17, 15) is 14.5 Å². The minimum Gasteiger partial charge on any atom is -0.317 e. The van der Waals surface area contributed by atoms with Gasteiger partial charge in [-0.3, -0.25) is 10.1 Å². The lowest BCUT2D eigenvalue weighted by Crippen LogP contribution is -2.32. The van der Waals surface area contributed by atoms with Crippen LogP contribution in [0.5, 0.6) is 0 Å². The van der Waals surface area contributed by atoms with E-state index in [1.807, 2.05) is 7.05 Å². The summed E-state index contributed by atoms with van der Waals surface area (Å²) in [6, 6.07) is 4.48. The number of nitrogens with zero attached hydrogens (tertiary/aromatic N) is 1. The average Bonchev–Trinajstić information content (AvgIpc) is 2.30. The van der Waals surface area contributed by atoms with Crippen LogP contribution in [0.4, 0.5) is 10.1 Å². The third-order valence-electron chi connectivity index (χ3n) is 3.26. The molecule has 1 rings (SSSR count). The fourth-order valence-corrected chi connectivity index (χ4v) is 2.23. The van der Waals surface area contributed by atoms with E-state index in [1.54, 1.807) is 6.07 Å². The van der Waals surface area contributed by atoms with Crippen molar-refractivity contribution in [3.63, 3.8) is 0 Å². The van der Waals surface area contributed by atoms with Gasteiger partial charge in [0.1, 0.15) is 0 Å². The molecule has 2 atom stereocenters. The van der Waals surface area contributed by atoms with Gasteiger partial charge < -0.3 is 5.32 Å². The summed E-state index contributed by atoms with van der Waals surface area (Å²) in [6.07, 6.45) is 1.70. The normalized spacial score (nSPS) is 14.2. The molecule has 0 amide bonds. The first kappa shape index (κ1) is 14.6. The Kier molecular flexibility index (Phi) is 5.22. The van der Waals surface area contributed by atoms with Gasteiger partial charge in [0.25, 0.3) is 0 Å². The Morgan fingerprint density at radius 2 is 2.17 bits per heavy atom. The van der Waals surface area contributed by atoms with Crippen molar-refractivity contribution < 1.29 is 9.31 Å². The van der Waals surface area contributed by atoms with E-state index in [1.165, 1.54) is 12.1 Å². The topological polar surface area (TPSA) is 55.2 Å². The molecule has 0 heterocycles. The Labute approximate surface area is 106 Å². The molecule has 5 heteroatoms. The molecule has 0 fully saturated rings. The van der Waals surface area contributed by atoms with E-state index in [0.717, 1.165) is 12.0 Å². The summed E-state index contributed by atoms with van der Waals surface area (Å²) in [5, 5.41) is 13.7. The van der Waals surface area contributed by atoms with Crippen LogP contribution >= 0.6 is 0 Å². The highest BCUT2D eigenvalue weighted by Gasteiger charge is 2.17. The van der Waals surface area contributed by atoms with Crippen molar-refractivity contribution in [1.82, 2.24) is 5.32 Å². The van der Waals surface area contributed by atoms with Gasteiger partial charge in [-0.05, 0) is 37.4 Å². The molecule has 100 valence electrons. The maximum Gasteiger partial charge on any atom is 0.304 e. The Balaban J connectivity index is 2.80. The summed E-state index contributed by atoms with van der Waals surface area (Å²) in [6.45, 7) is 4.18. The maximum atomic E-state index is 13.5. The average molecular weight is 254 g/mol. The first-order valence-electron chi connectivity index (χ1n) is 6.09. The van der Waals surface area contributed by atoms with Gasteiger partial charge in [0.05, 0.1) is 4.92 Å². The monoisotopic (exact) mass is 254 g/mol. The van der Waals surface area contributed by atoms with E-state index in [2.05, 4.69) is 19.2 Å². The van der Waals surface area contributed by atoms with E-state index in [-0.39, 0.29) is 0 Å². The Bertz CT molecular complexity index is 419. The molecule has 0 saturated heterocycles. The number of nitrogens with one attached hydrogen (secondary N) is 1. The molecule has 0 bridgehead atoms. The number of halogens is 1. The van der Waals surface area contributed by atoms with Crippen molar-refractivity contribution in [2.24, 2.45) is 5.92 Å². The minimum absolute atomic E-state index is 0.348. The van der Waals surface area contributed by atoms with Crippen LogP contribution in [-0.4, -0.2) is 18.0 Å². The molecular formula is C13H19FN2O2. The third-order valence-corrected chi connectivity index (χ3v) is 3.26. The Morgan fingerprint density at radius 3 is 2.61 bits per heavy atom. The number of hydrogen-bond acceptors (Lipinski definition) is 3. The molecule has 0 spiro atoms. The lowest BCUT2D eigenvalue weighted by atomic mass is 9.92. The summed E-state index contributed by atoms with van der Waals surface area (Å²) < 4.78 is 13.5. The molecule has 0 aliphatic rings. The third kappa shape index (κ3) is 3.50. The standard InChI is InChI=1S/C13H19FN2O2/c1-4-12(15-3)9(2)7-10-5-6-13(16(17)18)11(14)8-10/h5-6,8-9,12,15H,4,7H2,1-3H3. The van der Waals surface area contributed by atoms with E-state index < -0.39 is 16.4 Å². The van der Waals surface area contributed by atoms with Gasteiger partial charge in [-0.15, -0.1) is 0 Å². The zero-order chi connectivity index (χ0) is 13.7. The number of rotatable bonds is 6. The first-order valence-corrected chi connectivity index (χ1v) is 6.09. The van der Waals surface area contributed by atoms with Crippen molar-refractivity contribution >= 4 is 5.69 Å². The molecule has 0 saturated carbocycles. The van der Waals surface area contributed by atoms with Gasteiger partial charge in [-0.25, -0.2) is 0 Å². The molecule has 1 aromatic carbocycles. The van der Waals surface area contributed by atoms with Crippen LogP contribution in [0.2, 0.25) is 0 Å². The zero-order valence-corrected chi connectivity index (χ0v) is 10.9. The van der Waals surface area contributed by atoms with Crippen molar-refractivity contribution in [2.45, 2.75) is 32.7 Å². The Hall–Kier alpha value is -1.49. The van der Waals surface area contributed by atoms with Crippen LogP contribution < -0.4 is 5.32 Å². The summed E-state index contributed by atoms with van der Waals surface area (Å²) in [5.74, 6) is -0.414. The van der Waals surface area contributed by atoms with Crippen molar-refractivity contribution in [1.29, 1.82) is 0 Å². The van der Waals surface area contributed by atoms with E-state index >= 15 is 0 Å². The smallest absolute Gasteiger partial charge is 0.304 e. The SMILES string of the molecule is CCC(NC)C(C)Cc1ccc([N+](=O)[O-])c(F)c1. The Morgan fingerprint density at radius 1 is 1.50 bits per heavy atom. The summed E-state index contributed by atoms with van der Waals surface area (Å²) in [5.41, 5.74) is 0.325. The second-order valence-electron chi connectivity index (χ2n) is 4.53. The molecule has 2 unspecified atom stereocenters. The van der Waals surface area contributed by atoms with Gasteiger partial charge in [-0.1, -0.05) is 19.9 Å². The van der Waals surface area contributed by atoms with Gasteiger partial charge in [0.15, 0.2) is 0 Å². The molecule has 1 N–H and O–H groups in total. The molecule has 0 aromatic heterocycles. The second-order valence-corrected chi connectivity index (χ2v) is 4.53. The van der Waals surface area contributed by atoms with Crippen LogP contribution in [0, 0.1) is 21.8 Å². The van der Waals surface area contributed by atoms with Crippen LogP contribution in [0.3, 0.4) is 0 Å². The minimum atomic E-state index is -0.762. The molecule has 1 aromatic rings. The van der Waals surface area contributed by atoms with Gasteiger partial charge in [0.2, 0.25) is 5.82 Å². The van der Waals surface area contributed by atoms with Crippen molar-refractivity contribution in [3.05, 3.63) is 39.7 Å². The molecule has 0 radical (unpaired) electrons.